The molecule has 3 heteroatoms. The lowest BCUT2D eigenvalue weighted by atomic mass is 9.95. The second-order valence-corrected chi connectivity index (χ2v) is 6.33. The summed E-state index contributed by atoms with van der Waals surface area (Å²) in [7, 11) is 0. The maximum absolute atomic E-state index is 12.5. The molecule has 1 saturated heterocycles. The van der Waals surface area contributed by atoms with Crippen LogP contribution in [0.2, 0.25) is 0 Å². The number of carbonyl (C=O) groups excluding carboxylic acids is 1. The van der Waals surface area contributed by atoms with E-state index in [1.807, 2.05) is 6.07 Å². The van der Waals surface area contributed by atoms with Gasteiger partial charge in [0.15, 0.2) is 0 Å². The van der Waals surface area contributed by atoms with E-state index in [1.165, 1.54) is 5.56 Å². The fraction of sp³-hybridized carbons (Fsp3) is 0.611. The lowest BCUT2D eigenvalue weighted by Crippen LogP contribution is -2.56. The fourth-order valence-corrected chi connectivity index (χ4v) is 3.03. The summed E-state index contributed by atoms with van der Waals surface area (Å²) in [6, 6.07) is 11.0. The molecule has 1 amide bonds. The average Bonchev–Trinajstić information content (AvgIpc) is 2.52. The van der Waals surface area contributed by atoms with Crippen molar-refractivity contribution < 1.29 is 4.79 Å². The normalized spacial score (nSPS) is 22.6. The second-order valence-electron chi connectivity index (χ2n) is 6.33. The van der Waals surface area contributed by atoms with Crippen molar-refractivity contribution in [1.29, 1.82) is 0 Å². The zero-order valence-corrected chi connectivity index (χ0v) is 13.5. The van der Waals surface area contributed by atoms with Crippen molar-refractivity contribution in [2.75, 3.05) is 13.1 Å². The average molecular weight is 288 g/mol. The molecule has 2 unspecified atom stereocenters. The van der Waals surface area contributed by atoms with Crippen LogP contribution in [-0.4, -0.2) is 29.9 Å². The molecular weight excluding hydrogens is 260 g/mol. The van der Waals surface area contributed by atoms with E-state index in [0.29, 0.717) is 24.3 Å². The van der Waals surface area contributed by atoms with Gasteiger partial charge in [-0.05, 0) is 17.9 Å². The predicted molar refractivity (Wildman–Crippen MR) is 87.0 cm³/mol. The summed E-state index contributed by atoms with van der Waals surface area (Å²) in [6.45, 7) is 8.22. The van der Waals surface area contributed by atoms with E-state index >= 15 is 0 Å². The van der Waals surface area contributed by atoms with E-state index in [-0.39, 0.29) is 6.04 Å². The summed E-state index contributed by atoms with van der Waals surface area (Å²) in [5.41, 5.74) is 1.27. The molecule has 1 aromatic carbocycles. The van der Waals surface area contributed by atoms with E-state index < -0.39 is 0 Å². The van der Waals surface area contributed by atoms with Crippen molar-refractivity contribution in [3.63, 3.8) is 0 Å². The summed E-state index contributed by atoms with van der Waals surface area (Å²) in [4.78, 5) is 14.7. The molecule has 0 radical (unpaired) electrons. The Kier molecular flexibility index (Phi) is 5.80. The molecule has 0 aromatic heterocycles. The molecule has 1 aromatic rings. The summed E-state index contributed by atoms with van der Waals surface area (Å²) < 4.78 is 0. The molecule has 1 heterocycles. The van der Waals surface area contributed by atoms with Gasteiger partial charge in [0.1, 0.15) is 0 Å². The minimum Gasteiger partial charge on any atom is -0.336 e. The third-order valence-electron chi connectivity index (χ3n) is 4.39. The molecule has 1 N–H and O–H groups in total. The standard InChI is InChI=1S/C18H28N2O/c1-4-5-11-18(21)20-13-16(15-9-7-6-8-10-15)19-12-17(20)14(2)3/h6-10,14,16-17,19H,4-5,11-13H2,1-3H3. The quantitative estimate of drug-likeness (QED) is 0.901. The van der Waals surface area contributed by atoms with Crippen LogP contribution >= 0.6 is 0 Å². The van der Waals surface area contributed by atoms with E-state index in [9.17, 15) is 4.79 Å². The van der Waals surface area contributed by atoms with E-state index in [1.54, 1.807) is 0 Å². The van der Waals surface area contributed by atoms with Gasteiger partial charge in [-0.1, -0.05) is 57.5 Å². The zero-order chi connectivity index (χ0) is 15.2. The fourth-order valence-electron chi connectivity index (χ4n) is 3.03. The summed E-state index contributed by atoms with van der Waals surface area (Å²) in [5.74, 6) is 0.804. The number of hydrogen-bond donors (Lipinski definition) is 1. The van der Waals surface area contributed by atoms with Gasteiger partial charge in [-0.3, -0.25) is 4.79 Å². The number of unbranched alkanes of at least 4 members (excludes halogenated alkanes) is 1. The molecule has 0 bridgehead atoms. The van der Waals surface area contributed by atoms with Gasteiger partial charge < -0.3 is 10.2 Å². The van der Waals surface area contributed by atoms with Crippen molar-refractivity contribution >= 4 is 5.91 Å². The SMILES string of the molecule is CCCCC(=O)N1CC(c2ccccc2)NCC1C(C)C. The van der Waals surface area contributed by atoms with Gasteiger partial charge >= 0.3 is 0 Å². The molecule has 2 atom stereocenters. The summed E-state index contributed by atoms with van der Waals surface area (Å²) in [6.07, 6.45) is 2.75. The lowest BCUT2D eigenvalue weighted by Gasteiger charge is -2.42. The zero-order valence-electron chi connectivity index (χ0n) is 13.5. The van der Waals surface area contributed by atoms with Crippen LogP contribution in [-0.2, 0) is 4.79 Å². The number of benzene rings is 1. The lowest BCUT2D eigenvalue weighted by molar-refractivity contribution is -0.136. The predicted octanol–water partition coefficient (Wildman–Crippen LogP) is 3.37. The first-order chi connectivity index (χ1) is 10.1. The molecule has 0 spiro atoms. The highest BCUT2D eigenvalue weighted by Crippen LogP contribution is 2.24. The Bertz CT molecular complexity index is 444. The molecule has 0 aliphatic carbocycles. The van der Waals surface area contributed by atoms with E-state index in [4.69, 9.17) is 0 Å². The number of carbonyl (C=O) groups is 1. The first-order valence-corrected chi connectivity index (χ1v) is 8.21. The molecule has 1 aliphatic heterocycles. The van der Waals surface area contributed by atoms with Crippen LogP contribution in [0.4, 0.5) is 0 Å². The Morgan fingerprint density at radius 1 is 1.33 bits per heavy atom. The molecule has 1 fully saturated rings. The largest absolute Gasteiger partial charge is 0.336 e. The topological polar surface area (TPSA) is 32.3 Å². The van der Waals surface area contributed by atoms with Gasteiger partial charge in [0, 0.05) is 31.6 Å². The smallest absolute Gasteiger partial charge is 0.222 e. The Labute approximate surface area is 128 Å². The van der Waals surface area contributed by atoms with Crippen LogP contribution < -0.4 is 5.32 Å². The van der Waals surface area contributed by atoms with Gasteiger partial charge in [0.2, 0.25) is 5.91 Å². The van der Waals surface area contributed by atoms with Crippen LogP contribution in [0.1, 0.15) is 51.6 Å². The second kappa shape index (κ2) is 7.60. The van der Waals surface area contributed by atoms with Gasteiger partial charge in [0.05, 0.1) is 0 Å². The number of rotatable bonds is 5. The molecule has 21 heavy (non-hydrogen) atoms. The molecular formula is C18H28N2O. The maximum atomic E-state index is 12.5. The minimum absolute atomic E-state index is 0.256. The Morgan fingerprint density at radius 3 is 2.67 bits per heavy atom. The monoisotopic (exact) mass is 288 g/mol. The molecule has 3 nitrogen and oxygen atoms in total. The highest BCUT2D eigenvalue weighted by atomic mass is 16.2. The van der Waals surface area contributed by atoms with Gasteiger partial charge in [0.25, 0.3) is 0 Å². The molecule has 1 aliphatic rings. The van der Waals surface area contributed by atoms with Crippen LogP contribution in [0.3, 0.4) is 0 Å². The van der Waals surface area contributed by atoms with Crippen LogP contribution in [0.5, 0.6) is 0 Å². The van der Waals surface area contributed by atoms with Crippen molar-refractivity contribution in [2.45, 2.75) is 52.1 Å². The Morgan fingerprint density at radius 2 is 2.05 bits per heavy atom. The summed E-state index contributed by atoms with van der Waals surface area (Å²) in [5, 5.41) is 3.61. The molecule has 116 valence electrons. The first-order valence-electron chi connectivity index (χ1n) is 8.21. The van der Waals surface area contributed by atoms with Gasteiger partial charge in [-0.2, -0.15) is 0 Å². The molecule has 2 rings (SSSR count). The van der Waals surface area contributed by atoms with E-state index in [0.717, 1.165) is 25.9 Å². The Balaban J connectivity index is 2.10. The van der Waals surface area contributed by atoms with Crippen molar-refractivity contribution in [3.05, 3.63) is 35.9 Å². The van der Waals surface area contributed by atoms with Crippen LogP contribution in [0, 0.1) is 5.92 Å². The first kappa shape index (κ1) is 16.0. The molecule has 0 saturated carbocycles. The van der Waals surface area contributed by atoms with Gasteiger partial charge in [-0.25, -0.2) is 0 Å². The van der Waals surface area contributed by atoms with Crippen LogP contribution in [0.25, 0.3) is 0 Å². The number of piperazine rings is 1. The number of hydrogen-bond acceptors (Lipinski definition) is 2. The van der Waals surface area contributed by atoms with Crippen molar-refractivity contribution in [2.24, 2.45) is 5.92 Å². The van der Waals surface area contributed by atoms with Crippen molar-refractivity contribution in [3.8, 4) is 0 Å². The summed E-state index contributed by atoms with van der Waals surface area (Å²) >= 11 is 0. The Hall–Kier alpha value is -1.35. The van der Waals surface area contributed by atoms with Crippen molar-refractivity contribution in [1.82, 2.24) is 10.2 Å². The number of nitrogens with one attached hydrogen (secondary N) is 1. The van der Waals surface area contributed by atoms with E-state index in [2.05, 4.69) is 55.3 Å². The number of amides is 1. The third kappa shape index (κ3) is 4.07. The number of nitrogens with zero attached hydrogens (tertiary/aromatic N) is 1. The van der Waals surface area contributed by atoms with Crippen LogP contribution in [0.15, 0.2) is 30.3 Å². The van der Waals surface area contributed by atoms with Gasteiger partial charge in [-0.15, -0.1) is 0 Å². The highest BCUT2D eigenvalue weighted by Gasteiger charge is 2.33. The third-order valence-corrected chi connectivity index (χ3v) is 4.39. The minimum atomic E-state index is 0.256. The maximum Gasteiger partial charge on any atom is 0.222 e. The highest BCUT2D eigenvalue weighted by molar-refractivity contribution is 5.76.